The van der Waals surface area contributed by atoms with E-state index >= 15 is 0 Å². The van der Waals surface area contributed by atoms with Crippen molar-refractivity contribution >= 4 is 17.6 Å². The van der Waals surface area contributed by atoms with E-state index in [1.54, 1.807) is 0 Å². The maximum Gasteiger partial charge on any atom is 0.361 e. The lowest BCUT2D eigenvalue weighted by Gasteiger charge is -2.25. The first-order chi connectivity index (χ1) is 11.0. The van der Waals surface area contributed by atoms with Crippen LogP contribution in [0.5, 0.6) is 0 Å². The van der Waals surface area contributed by atoms with Crippen molar-refractivity contribution in [3.8, 4) is 11.1 Å². The van der Waals surface area contributed by atoms with Gasteiger partial charge in [-0.3, -0.25) is 0 Å². The van der Waals surface area contributed by atoms with Crippen LogP contribution in [0.2, 0.25) is 0 Å². The number of carbonyl (C=O) groups excluding carboxylic acids is 1. The number of halogens is 1. The molecule has 0 bridgehead atoms. The van der Waals surface area contributed by atoms with Crippen molar-refractivity contribution in [1.29, 1.82) is 0 Å². The van der Waals surface area contributed by atoms with Gasteiger partial charge in [0.15, 0.2) is 12.5 Å². The first-order valence-corrected chi connectivity index (χ1v) is 8.27. The molecular weight excluding hydrogens is 310 g/mol. The lowest BCUT2D eigenvalue weighted by atomic mass is 9.98. The normalized spacial score (nSPS) is 13.5. The molecule has 0 saturated heterocycles. The molecule has 1 aliphatic carbocycles. The molecule has 0 atom stereocenters. The molecule has 0 fully saturated rings. The first kappa shape index (κ1) is 16.0. The fourth-order valence-electron chi connectivity index (χ4n) is 3.05. The Balaban J connectivity index is 1.77. The standard InChI is InChI=1S/C19H21ClNO2/c1-21(2,13-20)11-19(22)23-12-18-16-9-5-3-7-14(16)15-8-4-6-10-17(15)18/h3-10,18H,11-13H2,1-2H3/q+1. The minimum absolute atomic E-state index is 0.109. The van der Waals surface area contributed by atoms with Gasteiger partial charge in [-0.2, -0.15) is 0 Å². The minimum atomic E-state index is -0.211. The quantitative estimate of drug-likeness (QED) is 0.362. The molecule has 0 aromatic heterocycles. The summed E-state index contributed by atoms with van der Waals surface area (Å²) in [4.78, 5) is 12.1. The molecule has 4 heteroatoms. The van der Waals surface area contributed by atoms with E-state index in [2.05, 4.69) is 24.3 Å². The highest BCUT2D eigenvalue weighted by Gasteiger charge is 2.29. The Bertz CT molecular complexity index is 681. The maximum absolute atomic E-state index is 12.1. The lowest BCUT2D eigenvalue weighted by Crippen LogP contribution is -2.43. The van der Waals surface area contributed by atoms with Crippen LogP contribution in [0.25, 0.3) is 11.1 Å². The second-order valence-corrected chi connectivity index (χ2v) is 6.86. The van der Waals surface area contributed by atoms with Crippen LogP contribution < -0.4 is 0 Å². The SMILES string of the molecule is C[N+](C)(CCl)CC(=O)OCC1c2ccccc2-c2ccccc21. The number of carbonyl (C=O) groups is 1. The summed E-state index contributed by atoms with van der Waals surface area (Å²) >= 11 is 5.86. The zero-order valence-electron chi connectivity index (χ0n) is 13.5. The van der Waals surface area contributed by atoms with Crippen LogP contribution in [-0.4, -0.2) is 43.7 Å². The zero-order chi connectivity index (χ0) is 16.4. The Hall–Kier alpha value is -1.84. The molecule has 2 aromatic rings. The molecule has 0 unspecified atom stereocenters. The number of nitrogens with zero attached hydrogens (tertiary/aromatic N) is 1. The average Bonchev–Trinajstić information content (AvgIpc) is 2.87. The van der Waals surface area contributed by atoms with Crippen LogP contribution >= 0.6 is 11.6 Å². The van der Waals surface area contributed by atoms with Gasteiger partial charge in [-0.25, -0.2) is 4.79 Å². The molecule has 0 heterocycles. The molecule has 2 aromatic carbocycles. The second-order valence-electron chi connectivity index (χ2n) is 6.62. The highest BCUT2D eigenvalue weighted by atomic mass is 35.5. The van der Waals surface area contributed by atoms with Gasteiger partial charge in [0.05, 0.1) is 14.1 Å². The summed E-state index contributed by atoms with van der Waals surface area (Å²) in [5.74, 6) is -0.101. The van der Waals surface area contributed by atoms with Gasteiger partial charge in [0.25, 0.3) is 0 Å². The summed E-state index contributed by atoms with van der Waals surface area (Å²) in [6.45, 7) is 0.647. The van der Waals surface area contributed by atoms with E-state index in [-0.39, 0.29) is 18.4 Å². The molecule has 1 aliphatic rings. The molecule has 23 heavy (non-hydrogen) atoms. The summed E-state index contributed by atoms with van der Waals surface area (Å²) in [7, 11) is 3.82. The predicted molar refractivity (Wildman–Crippen MR) is 92.4 cm³/mol. The third-order valence-electron chi connectivity index (χ3n) is 4.25. The summed E-state index contributed by atoms with van der Waals surface area (Å²) in [6, 6.07) is 17.0. The van der Waals surface area contributed by atoms with Gasteiger partial charge in [-0.05, 0) is 22.3 Å². The molecule has 3 nitrogen and oxygen atoms in total. The summed E-state index contributed by atoms with van der Waals surface area (Å²) in [6.07, 6.45) is 0. The number of quaternary nitrogens is 1. The molecule has 0 spiro atoms. The zero-order valence-corrected chi connectivity index (χ0v) is 14.2. The number of esters is 1. The van der Waals surface area contributed by atoms with Gasteiger partial charge in [-0.15, -0.1) is 0 Å². The Kier molecular flexibility index (Phi) is 4.42. The van der Waals surface area contributed by atoms with E-state index in [1.165, 1.54) is 22.3 Å². The highest BCUT2D eigenvalue weighted by molar-refractivity contribution is 6.17. The molecule has 3 rings (SSSR count). The van der Waals surface area contributed by atoms with Crippen LogP contribution in [0.15, 0.2) is 48.5 Å². The van der Waals surface area contributed by atoms with Crippen molar-refractivity contribution in [3.63, 3.8) is 0 Å². The number of likely N-dealkylation sites (N-methyl/N-ethyl adjacent to an activating group) is 1. The fraction of sp³-hybridized carbons (Fsp3) is 0.316. The first-order valence-electron chi connectivity index (χ1n) is 7.73. The maximum atomic E-state index is 12.1. The predicted octanol–water partition coefficient (Wildman–Crippen LogP) is 3.61. The van der Waals surface area contributed by atoms with Crippen molar-refractivity contribution in [1.82, 2.24) is 0 Å². The van der Waals surface area contributed by atoms with Crippen LogP contribution in [0.1, 0.15) is 17.0 Å². The van der Waals surface area contributed by atoms with Crippen LogP contribution in [0.4, 0.5) is 0 Å². The molecule has 120 valence electrons. The smallest absolute Gasteiger partial charge is 0.361 e. The van der Waals surface area contributed by atoms with Crippen LogP contribution in [0, 0.1) is 0 Å². The molecule has 0 radical (unpaired) electrons. The number of fused-ring (bicyclic) bond motifs is 3. The third kappa shape index (κ3) is 3.26. The Morgan fingerprint density at radius 3 is 2.09 bits per heavy atom. The van der Waals surface area contributed by atoms with Gasteiger partial charge in [0.2, 0.25) is 0 Å². The summed E-state index contributed by atoms with van der Waals surface area (Å²) in [5.41, 5.74) is 4.93. The second kappa shape index (κ2) is 6.34. The number of rotatable bonds is 5. The highest BCUT2D eigenvalue weighted by Crippen LogP contribution is 2.44. The monoisotopic (exact) mass is 330 g/mol. The van der Waals surface area contributed by atoms with Gasteiger partial charge in [-0.1, -0.05) is 60.1 Å². The summed E-state index contributed by atoms with van der Waals surface area (Å²) in [5, 5.41) is 0. The summed E-state index contributed by atoms with van der Waals surface area (Å²) < 4.78 is 5.98. The topological polar surface area (TPSA) is 26.3 Å². The number of hydrogen-bond donors (Lipinski definition) is 0. The van der Waals surface area contributed by atoms with Crippen molar-refractivity contribution in [2.24, 2.45) is 0 Å². The van der Waals surface area contributed by atoms with E-state index in [1.807, 2.05) is 38.4 Å². The average molecular weight is 331 g/mol. The molecule has 0 N–H and O–H groups in total. The van der Waals surface area contributed by atoms with E-state index in [4.69, 9.17) is 16.3 Å². The number of alkyl halides is 1. The molecule has 0 saturated carbocycles. The van der Waals surface area contributed by atoms with Crippen molar-refractivity contribution in [2.75, 3.05) is 33.3 Å². The van der Waals surface area contributed by atoms with Gasteiger partial charge < -0.3 is 9.22 Å². The van der Waals surface area contributed by atoms with E-state index in [9.17, 15) is 4.79 Å². The lowest BCUT2D eigenvalue weighted by molar-refractivity contribution is -0.871. The Morgan fingerprint density at radius 2 is 1.57 bits per heavy atom. The van der Waals surface area contributed by atoms with Crippen LogP contribution in [-0.2, 0) is 9.53 Å². The van der Waals surface area contributed by atoms with Gasteiger partial charge >= 0.3 is 5.97 Å². The Labute approximate surface area is 142 Å². The van der Waals surface area contributed by atoms with Gasteiger partial charge in [0, 0.05) is 5.92 Å². The number of hydrogen-bond acceptors (Lipinski definition) is 2. The molecular formula is C19H21ClNO2+. The van der Waals surface area contributed by atoms with E-state index < -0.39 is 0 Å². The van der Waals surface area contributed by atoms with Gasteiger partial charge in [0.1, 0.15) is 6.61 Å². The largest absolute Gasteiger partial charge is 0.461 e. The third-order valence-corrected chi connectivity index (χ3v) is 4.90. The minimum Gasteiger partial charge on any atom is -0.461 e. The molecule has 0 amide bonds. The number of ether oxygens (including phenoxy) is 1. The number of benzene rings is 2. The van der Waals surface area contributed by atoms with E-state index in [0.717, 1.165) is 0 Å². The van der Waals surface area contributed by atoms with Crippen molar-refractivity contribution in [3.05, 3.63) is 59.7 Å². The van der Waals surface area contributed by atoms with Crippen molar-refractivity contribution in [2.45, 2.75) is 5.92 Å². The van der Waals surface area contributed by atoms with Crippen molar-refractivity contribution < 1.29 is 14.0 Å². The molecule has 0 aliphatic heterocycles. The Morgan fingerprint density at radius 1 is 1.04 bits per heavy atom. The van der Waals surface area contributed by atoms with Crippen LogP contribution in [0.3, 0.4) is 0 Å². The fourth-order valence-corrected chi connectivity index (χ4v) is 3.14. The van der Waals surface area contributed by atoms with E-state index in [0.29, 0.717) is 17.1 Å².